The van der Waals surface area contributed by atoms with Gasteiger partial charge in [0.2, 0.25) is 5.78 Å². The molecule has 0 saturated heterocycles. The summed E-state index contributed by atoms with van der Waals surface area (Å²) in [6, 6.07) is 19.3. The molecule has 3 nitrogen and oxygen atoms in total. The molecule has 0 aliphatic carbocycles. The first kappa shape index (κ1) is 19.1. The van der Waals surface area contributed by atoms with E-state index in [2.05, 4.69) is 58.4 Å². The van der Waals surface area contributed by atoms with E-state index in [9.17, 15) is 10.1 Å². The van der Waals surface area contributed by atoms with Crippen molar-refractivity contribution >= 4 is 34.5 Å². The first-order chi connectivity index (χ1) is 12.9. The monoisotopic (exact) mass is 466 g/mol. The molecule has 0 aliphatic heterocycles. The summed E-state index contributed by atoms with van der Waals surface area (Å²) in [6.45, 7) is 6.12. The van der Waals surface area contributed by atoms with E-state index in [1.807, 2.05) is 26.0 Å². The number of Topliss-reactive ketones (excluding diaryl/α,β-unsaturated/α-hetero) is 1. The molecule has 0 N–H and O–H groups in total. The third-order valence-electron chi connectivity index (χ3n) is 4.58. The SMILES string of the molecule is Cc1ccc(-n2c(C)cc(/C=C(\C#N)C(=O)c3ccccc3)c2C)cc1I. The molecular formula is C23H19IN2O. The van der Waals surface area contributed by atoms with Gasteiger partial charge in [0.05, 0.1) is 0 Å². The van der Waals surface area contributed by atoms with Gasteiger partial charge < -0.3 is 4.57 Å². The van der Waals surface area contributed by atoms with Crippen molar-refractivity contribution in [2.24, 2.45) is 0 Å². The summed E-state index contributed by atoms with van der Waals surface area (Å²) in [4.78, 5) is 12.6. The fraction of sp³-hybridized carbons (Fsp3) is 0.130. The number of nitriles is 1. The minimum absolute atomic E-state index is 0.139. The van der Waals surface area contributed by atoms with Crippen LogP contribution in [0.4, 0.5) is 0 Å². The number of aromatic nitrogens is 1. The van der Waals surface area contributed by atoms with E-state index in [1.165, 1.54) is 9.13 Å². The Hall–Kier alpha value is -2.65. The normalized spacial score (nSPS) is 11.3. The van der Waals surface area contributed by atoms with E-state index in [0.717, 1.165) is 22.6 Å². The maximum atomic E-state index is 12.6. The highest BCUT2D eigenvalue weighted by atomic mass is 127. The smallest absolute Gasteiger partial charge is 0.203 e. The molecule has 3 aromatic rings. The van der Waals surface area contributed by atoms with Crippen molar-refractivity contribution in [2.45, 2.75) is 20.8 Å². The summed E-state index contributed by atoms with van der Waals surface area (Å²) in [5, 5.41) is 9.52. The van der Waals surface area contributed by atoms with Crippen LogP contribution in [0.5, 0.6) is 0 Å². The minimum Gasteiger partial charge on any atom is -0.318 e. The van der Waals surface area contributed by atoms with Crippen LogP contribution in [0.3, 0.4) is 0 Å². The molecule has 2 aromatic carbocycles. The lowest BCUT2D eigenvalue weighted by Crippen LogP contribution is -2.02. The summed E-state index contributed by atoms with van der Waals surface area (Å²) in [5.41, 5.74) is 5.91. The number of hydrogen-bond acceptors (Lipinski definition) is 2. The highest BCUT2D eigenvalue weighted by molar-refractivity contribution is 14.1. The quantitative estimate of drug-likeness (QED) is 0.211. The van der Waals surface area contributed by atoms with E-state index < -0.39 is 0 Å². The number of carbonyl (C=O) groups is 1. The van der Waals surface area contributed by atoms with Crippen LogP contribution >= 0.6 is 22.6 Å². The largest absolute Gasteiger partial charge is 0.318 e. The Labute approximate surface area is 173 Å². The van der Waals surface area contributed by atoms with Crippen LogP contribution < -0.4 is 0 Å². The number of halogens is 1. The van der Waals surface area contributed by atoms with Gasteiger partial charge in [-0.1, -0.05) is 36.4 Å². The van der Waals surface area contributed by atoms with Crippen molar-refractivity contribution < 1.29 is 4.79 Å². The molecule has 0 atom stereocenters. The Balaban J connectivity index is 2.05. The number of benzene rings is 2. The van der Waals surface area contributed by atoms with Gasteiger partial charge in [0.15, 0.2) is 0 Å². The summed E-state index contributed by atoms with van der Waals surface area (Å²) >= 11 is 2.34. The predicted molar refractivity (Wildman–Crippen MR) is 117 cm³/mol. The Morgan fingerprint density at radius 2 is 1.78 bits per heavy atom. The Bertz CT molecular complexity index is 1090. The molecule has 0 aliphatic rings. The van der Waals surface area contributed by atoms with Crippen molar-refractivity contribution in [3.05, 3.63) is 91.8 Å². The van der Waals surface area contributed by atoms with E-state index in [1.54, 1.807) is 30.3 Å². The maximum Gasteiger partial charge on any atom is 0.203 e. The third kappa shape index (κ3) is 3.88. The summed E-state index contributed by atoms with van der Waals surface area (Å²) in [6.07, 6.45) is 1.69. The van der Waals surface area contributed by atoms with Crippen molar-refractivity contribution in [2.75, 3.05) is 0 Å². The minimum atomic E-state index is -0.257. The average Bonchev–Trinajstić information content (AvgIpc) is 2.95. The van der Waals surface area contributed by atoms with Gasteiger partial charge in [-0.05, 0) is 78.8 Å². The molecule has 1 heterocycles. The second-order valence-corrected chi connectivity index (χ2v) is 7.62. The second-order valence-electron chi connectivity index (χ2n) is 6.46. The van der Waals surface area contributed by atoms with Crippen LogP contribution in [0.25, 0.3) is 11.8 Å². The topological polar surface area (TPSA) is 45.8 Å². The molecule has 0 saturated carbocycles. The molecule has 0 spiro atoms. The van der Waals surface area contributed by atoms with E-state index in [0.29, 0.717) is 5.56 Å². The molecule has 0 amide bonds. The zero-order chi connectivity index (χ0) is 19.6. The first-order valence-electron chi connectivity index (χ1n) is 8.59. The number of rotatable bonds is 4. The molecule has 0 unspecified atom stereocenters. The van der Waals surface area contributed by atoms with Crippen LogP contribution in [-0.2, 0) is 0 Å². The van der Waals surface area contributed by atoms with E-state index >= 15 is 0 Å². The molecule has 0 fully saturated rings. The van der Waals surface area contributed by atoms with Crippen LogP contribution in [0, 0.1) is 35.7 Å². The predicted octanol–water partition coefficient (Wildman–Crippen LogP) is 5.80. The summed E-state index contributed by atoms with van der Waals surface area (Å²) in [5.74, 6) is -0.257. The van der Waals surface area contributed by atoms with Gasteiger partial charge >= 0.3 is 0 Å². The highest BCUT2D eigenvalue weighted by Crippen LogP contribution is 2.25. The van der Waals surface area contributed by atoms with E-state index in [-0.39, 0.29) is 11.4 Å². The zero-order valence-corrected chi connectivity index (χ0v) is 17.6. The Morgan fingerprint density at radius 1 is 1.07 bits per heavy atom. The lowest BCUT2D eigenvalue weighted by Gasteiger charge is -2.11. The third-order valence-corrected chi connectivity index (χ3v) is 5.75. The van der Waals surface area contributed by atoms with Crippen LogP contribution in [0.2, 0.25) is 0 Å². The number of ketones is 1. The standard InChI is InChI=1S/C23H19IN2O/c1-15-9-10-21(13-22(15)24)26-16(2)11-19(17(26)3)12-20(14-25)23(27)18-7-5-4-6-8-18/h4-13H,1-3H3/b20-12+. The first-order valence-corrected chi connectivity index (χ1v) is 9.67. The average molecular weight is 466 g/mol. The molecule has 4 heteroatoms. The van der Waals surface area contributed by atoms with Crippen LogP contribution in [0.15, 0.2) is 60.2 Å². The van der Waals surface area contributed by atoms with Crippen molar-refractivity contribution in [3.63, 3.8) is 0 Å². The van der Waals surface area contributed by atoms with E-state index in [4.69, 9.17) is 0 Å². The molecule has 0 radical (unpaired) electrons. The summed E-state index contributed by atoms with van der Waals surface area (Å²) in [7, 11) is 0. The molecule has 1 aromatic heterocycles. The van der Waals surface area contributed by atoms with Gasteiger partial charge in [-0.2, -0.15) is 5.26 Å². The van der Waals surface area contributed by atoms with Gasteiger partial charge in [-0.15, -0.1) is 0 Å². The lowest BCUT2D eigenvalue weighted by atomic mass is 10.0. The summed E-state index contributed by atoms with van der Waals surface area (Å²) < 4.78 is 3.35. The highest BCUT2D eigenvalue weighted by Gasteiger charge is 2.15. The van der Waals surface area contributed by atoms with Gasteiger partial charge in [-0.3, -0.25) is 4.79 Å². The number of carbonyl (C=O) groups excluding carboxylic acids is 1. The number of nitrogens with zero attached hydrogens (tertiary/aromatic N) is 2. The molecule has 27 heavy (non-hydrogen) atoms. The molecule has 3 rings (SSSR count). The van der Waals surface area contributed by atoms with Gasteiger partial charge in [-0.25, -0.2) is 0 Å². The Kier molecular flexibility index (Phi) is 5.62. The van der Waals surface area contributed by atoms with Crippen molar-refractivity contribution in [1.82, 2.24) is 4.57 Å². The fourth-order valence-electron chi connectivity index (χ4n) is 3.10. The van der Waals surface area contributed by atoms with Gasteiger partial charge in [0.25, 0.3) is 0 Å². The maximum absolute atomic E-state index is 12.6. The van der Waals surface area contributed by atoms with Crippen LogP contribution in [-0.4, -0.2) is 10.4 Å². The zero-order valence-electron chi connectivity index (χ0n) is 15.5. The fourth-order valence-corrected chi connectivity index (χ4v) is 3.60. The van der Waals surface area contributed by atoms with Crippen molar-refractivity contribution in [1.29, 1.82) is 5.26 Å². The van der Waals surface area contributed by atoms with Crippen molar-refractivity contribution in [3.8, 4) is 11.8 Å². The number of aryl methyl sites for hydroxylation is 2. The lowest BCUT2D eigenvalue weighted by molar-refractivity contribution is 0.104. The van der Waals surface area contributed by atoms with Gasteiger partial charge in [0.1, 0.15) is 11.6 Å². The van der Waals surface area contributed by atoms with Gasteiger partial charge in [0, 0.05) is 26.2 Å². The molecular weight excluding hydrogens is 447 g/mol. The number of hydrogen-bond donors (Lipinski definition) is 0. The number of allylic oxidation sites excluding steroid dienone is 1. The second kappa shape index (κ2) is 7.93. The molecule has 134 valence electrons. The Morgan fingerprint density at radius 3 is 2.41 bits per heavy atom. The van der Waals surface area contributed by atoms with Crippen LogP contribution in [0.1, 0.15) is 32.9 Å². The molecule has 0 bridgehead atoms.